The summed E-state index contributed by atoms with van der Waals surface area (Å²) in [6.07, 6.45) is -2.96. The Morgan fingerprint density at radius 3 is 2.57 bits per heavy atom. The van der Waals surface area contributed by atoms with E-state index in [1.807, 2.05) is 0 Å². The van der Waals surface area contributed by atoms with Crippen LogP contribution < -0.4 is 11.1 Å². The van der Waals surface area contributed by atoms with E-state index in [1.54, 1.807) is 19.1 Å². The largest absolute Gasteiger partial charge is 0.400 e. The number of primary amides is 1. The van der Waals surface area contributed by atoms with E-state index in [4.69, 9.17) is 5.73 Å². The Labute approximate surface area is 129 Å². The molecule has 2 aromatic rings. The quantitative estimate of drug-likeness (QED) is 0.909. The number of nitrogens with one attached hydrogen (secondary N) is 1. The third-order valence-electron chi connectivity index (χ3n) is 3.88. The number of alkyl halides is 3. The zero-order valence-corrected chi connectivity index (χ0v) is 12.2. The summed E-state index contributed by atoms with van der Waals surface area (Å²) in [4.78, 5) is 15.2. The average Bonchev–Trinajstić information content (AvgIpc) is 3.17. The van der Waals surface area contributed by atoms with Gasteiger partial charge >= 0.3 is 12.2 Å². The number of nitrogens with two attached hydrogens (primary N) is 1. The van der Waals surface area contributed by atoms with E-state index in [0.717, 1.165) is 5.69 Å². The van der Waals surface area contributed by atoms with Crippen LogP contribution in [0.3, 0.4) is 0 Å². The highest BCUT2D eigenvalue weighted by atomic mass is 19.4. The van der Waals surface area contributed by atoms with Crippen molar-refractivity contribution in [3.8, 4) is 5.69 Å². The molecule has 2 amide bonds. The molecule has 0 unspecified atom stereocenters. The standard InChI is InChI=1S/C14H14F3N5O/c1-8-2-3-9(7-19-8)22-11(20-12(18)23)6-10(21-22)13(4-5-13)14(15,16)17/h2-3,6-7H,4-5H2,1H3,(H3,18,20,23). The minimum absolute atomic E-state index is 0.0182. The smallest absolute Gasteiger partial charge is 0.351 e. The van der Waals surface area contributed by atoms with E-state index in [9.17, 15) is 18.0 Å². The fourth-order valence-electron chi connectivity index (χ4n) is 2.42. The molecule has 6 nitrogen and oxygen atoms in total. The molecule has 0 aliphatic heterocycles. The van der Waals surface area contributed by atoms with Gasteiger partial charge in [-0.1, -0.05) is 0 Å². The fraction of sp³-hybridized carbons (Fsp3) is 0.357. The summed E-state index contributed by atoms with van der Waals surface area (Å²) < 4.78 is 41.0. The van der Waals surface area contributed by atoms with Gasteiger partial charge in [0.25, 0.3) is 0 Å². The van der Waals surface area contributed by atoms with Crippen molar-refractivity contribution in [1.29, 1.82) is 0 Å². The number of nitrogens with zero attached hydrogens (tertiary/aromatic N) is 3. The number of carbonyl (C=O) groups is 1. The molecule has 3 rings (SSSR count). The lowest BCUT2D eigenvalue weighted by molar-refractivity contribution is -0.161. The van der Waals surface area contributed by atoms with Gasteiger partial charge in [0.15, 0.2) is 0 Å². The second-order valence-electron chi connectivity index (χ2n) is 5.55. The highest BCUT2D eigenvalue weighted by Gasteiger charge is 2.65. The molecular formula is C14H14F3N5O. The van der Waals surface area contributed by atoms with Gasteiger partial charge in [0.1, 0.15) is 11.2 Å². The third-order valence-corrected chi connectivity index (χ3v) is 3.88. The highest BCUT2D eigenvalue weighted by Crippen LogP contribution is 2.58. The number of urea groups is 1. The van der Waals surface area contributed by atoms with Gasteiger partial charge in [0, 0.05) is 11.8 Å². The van der Waals surface area contributed by atoms with E-state index in [2.05, 4.69) is 15.4 Å². The highest BCUT2D eigenvalue weighted by molar-refractivity contribution is 5.87. The Balaban J connectivity index is 2.08. The molecule has 0 atom stereocenters. The predicted octanol–water partition coefficient (Wildman–Crippen LogP) is 2.66. The normalized spacial score (nSPS) is 16.2. The van der Waals surface area contributed by atoms with Crippen LogP contribution in [0.4, 0.5) is 23.8 Å². The van der Waals surface area contributed by atoms with Crippen LogP contribution in [-0.4, -0.2) is 27.0 Å². The first kappa shape index (κ1) is 15.3. The number of amides is 2. The van der Waals surface area contributed by atoms with Gasteiger partial charge in [-0.05, 0) is 31.9 Å². The zero-order chi connectivity index (χ0) is 16.8. The second kappa shape index (κ2) is 4.97. The molecule has 1 fully saturated rings. The summed E-state index contributed by atoms with van der Waals surface area (Å²) in [5.41, 5.74) is 4.20. The van der Waals surface area contributed by atoms with Gasteiger partial charge in [0.2, 0.25) is 0 Å². The van der Waals surface area contributed by atoms with Gasteiger partial charge in [-0.3, -0.25) is 10.3 Å². The second-order valence-corrected chi connectivity index (χ2v) is 5.55. The van der Waals surface area contributed by atoms with Gasteiger partial charge in [-0.2, -0.15) is 18.3 Å². The molecule has 0 radical (unpaired) electrons. The average molecular weight is 325 g/mol. The summed E-state index contributed by atoms with van der Waals surface area (Å²) in [5.74, 6) is 0.0775. The van der Waals surface area contributed by atoms with E-state index in [1.165, 1.54) is 16.9 Å². The van der Waals surface area contributed by atoms with Crippen LogP contribution in [0.15, 0.2) is 24.4 Å². The molecule has 2 aromatic heterocycles. The molecular weight excluding hydrogens is 311 g/mol. The molecule has 9 heteroatoms. The van der Waals surface area contributed by atoms with Gasteiger partial charge in [-0.25, -0.2) is 9.48 Å². The molecule has 2 heterocycles. The monoisotopic (exact) mass is 325 g/mol. The summed E-state index contributed by atoms with van der Waals surface area (Å²) in [7, 11) is 0. The van der Waals surface area contributed by atoms with Crippen molar-refractivity contribution in [1.82, 2.24) is 14.8 Å². The molecule has 0 aromatic carbocycles. The van der Waals surface area contributed by atoms with Gasteiger partial charge < -0.3 is 5.73 Å². The first-order valence-corrected chi connectivity index (χ1v) is 6.90. The topological polar surface area (TPSA) is 85.8 Å². The molecule has 0 saturated heterocycles. The molecule has 0 bridgehead atoms. The van der Waals surface area contributed by atoms with Crippen LogP contribution >= 0.6 is 0 Å². The van der Waals surface area contributed by atoms with Crippen molar-refractivity contribution in [3.63, 3.8) is 0 Å². The van der Waals surface area contributed by atoms with Gasteiger partial charge in [-0.15, -0.1) is 0 Å². The fourth-order valence-corrected chi connectivity index (χ4v) is 2.42. The minimum atomic E-state index is -4.39. The van der Waals surface area contributed by atoms with E-state index in [-0.39, 0.29) is 24.4 Å². The van der Waals surface area contributed by atoms with Crippen LogP contribution in [0.1, 0.15) is 24.2 Å². The minimum Gasteiger partial charge on any atom is -0.351 e. The van der Waals surface area contributed by atoms with E-state index in [0.29, 0.717) is 5.69 Å². The third kappa shape index (κ3) is 2.62. The van der Waals surface area contributed by atoms with Crippen LogP contribution in [0.5, 0.6) is 0 Å². The first-order chi connectivity index (χ1) is 10.7. The lowest BCUT2D eigenvalue weighted by Crippen LogP contribution is -2.29. The number of aromatic nitrogens is 3. The van der Waals surface area contributed by atoms with Crippen molar-refractivity contribution < 1.29 is 18.0 Å². The Hall–Kier alpha value is -2.58. The van der Waals surface area contributed by atoms with Crippen LogP contribution in [-0.2, 0) is 5.41 Å². The lowest BCUT2D eigenvalue weighted by Gasteiger charge is -2.16. The molecule has 1 aliphatic rings. The Morgan fingerprint density at radius 2 is 2.09 bits per heavy atom. The number of pyridine rings is 1. The Bertz CT molecular complexity index is 747. The molecule has 1 saturated carbocycles. The maximum absolute atomic E-state index is 13.3. The Kier molecular flexibility index (Phi) is 3.31. The van der Waals surface area contributed by atoms with Crippen LogP contribution in [0.25, 0.3) is 5.69 Å². The van der Waals surface area contributed by atoms with Crippen LogP contribution in [0, 0.1) is 6.92 Å². The van der Waals surface area contributed by atoms with Crippen molar-refractivity contribution in [3.05, 3.63) is 35.8 Å². The molecule has 3 N–H and O–H groups in total. The SMILES string of the molecule is Cc1ccc(-n2nc(C3(C(F)(F)F)CC3)cc2NC(N)=O)cn1. The molecule has 122 valence electrons. The summed E-state index contributed by atoms with van der Waals surface area (Å²) >= 11 is 0. The first-order valence-electron chi connectivity index (χ1n) is 6.90. The molecule has 0 spiro atoms. The van der Waals surface area contributed by atoms with E-state index >= 15 is 0 Å². The zero-order valence-electron chi connectivity index (χ0n) is 12.2. The summed E-state index contributed by atoms with van der Waals surface area (Å²) in [5, 5.41) is 6.35. The van der Waals surface area contributed by atoms with Crippen molar-refractivity contribution in [2.45, 2.75) is 31.4 Å². The van der Waals surface area contributed by atoms with Gasteiger partial charge in [0.05, 0.1) is 17.6 Å². The predicted molar refractivity (Wildman–Crippen MR) is 76.3 cm³/mol. The maximum atomic E-state index is 13.3. The van der Waals surface area contributed by atoms with Crippen molar-refractivity contribution in [2.75, 3.05) is 5.32 Å². The molecule has 23 heavy (non-hydrogen) atoms. The van der Waals surface area contributed by atoms with Crippen molar-refractivity contribution in [2.24, 2.45) is 5.73 Å². The van der Waals surface area contributed by atoms with E-state index < -0.39 is 17.6 Å². The number of rotatable bonds is 3. The van der Waals surface area contributed by atoms with Crippen molar-refractivity contribution >= 4 is 11.8 Å². The number of anilines is 1. The number of aryl methyl sites for hydroxylation is 1. The lowest BCUT2D eigenvalue weighted by atomic mass is 10.0. The summed E-state index contributed by atoms with van der Waals surface area (Å²) in [6.45, 7) is 1.78. The number of hydrogen-bond acceptors (Lipinski definition) is 3. The summed E-state index contributed by atoms with van der Waals surface area (Å²) in [6, 6.07) is 3.68. The molecule has 1 aliphatic carbocycles. The number of hydrogen-bond donors (Lipinski definition) is 2. The number of carbonyl (C=O) groups excluding carboxylic acids is 1. The van der Waals surface area contributed by atoms with Crippen LogP contribution in [0.2, 0.25) is 0 Å². The maximum Gasteiger partial charge on any atom is 0.400 e. The number of halogens is 3. The Morgan fingerprint density at radius 1 is 1.39 bits per heavy atom.